The lowest BCUT2D eigenvalue weighted by atomic mass is 10.0. The molecule has 0 aromatic heterocycles. The van der Waals surface area contributed by atoms with E-state index in [0.717, 1.165) is 49.9 Å². The highest BCUT2D eigenvalue weighted by Gasteiger charge is 2.27. The molecule has 2 aromatic rings. The molecule has 0 aliphatic carbocycles. The molecule has 1 N–H and O–H groups in total. The van der Waals surface area contributed by atoms with E-state index in [1.807, 2.05) is 24.3 Å². The largest absolute Gasteiger partial charge is 0.493 e. The fourth-order valence-corrected chi connectivity index (χ4v) is 3.31. The smallest absolute Gasteiger partial charge is 0.320 e. The Balaban J connectivity index is 1.54. The van der Waals surface area contributed by atoms with Crippen molar-refractivity contribution in [3.63, 3.8) is 0 Å². The minimum Gasteiger partial charge on any atom is -0.493 e. The second-order valence-electron chi connectivity index (χ2n) is 6.07. The molecule has 4 heteroatoms. The Kier molecular flexibility index (Phi) is 5.13. The molecule has 23 heavy (non-hydrogen) atoms. The van der Waals surface area contributed by atoms with E-state index in [4.69, 9.17) is 4.74 Å². The Labute approximate surface area is 136 Å². The molecule has 1 atom stereocenters. The third-order valence-electron chi connectivity index (χ3n) is 4.50. The number of nitrogens with zero attached hydrogens (tertiary/aromatic N) is 1. The van der Waals surface area contributed by atoms with E-state index in [1.165, 1.54) is 5.39 Å². The van der Waals surface area contributed by atoms with Crippen molar-refractivity contribution in [2.24, 2.45) is 0 Å². The zero-order valence-electron chi connectivity index (χ0n) is 13.3. The second kappa shape index (κ2) is 7.47. The molecule has 0 saturated carbocycles. The molecule has 1 aliphatic heterocycles. The fourth-order valence-electron chi connectivity index (χ4n) is 3.31. The number of piperidine rings is 1. The standard InChI is InChI=1S/C19H23NO3/c21-19(22)17-10-3-4-12-20(17)13-6-14-23-18-11-5-8-15-7-1-2-9-16(15)18/h1-2,5,7-9,11,17H,3-4,6,10,12-14H2,(H,21,22). The summed E-state index contributed by atoms with van der Waals surface area (Å²) in [6, 6.07) is 13.9. The quantitative estimate of drug-likeness (QED) is 0.829. The monoisotopic (exact) mass is 313 g/mol. The van der Waals surface area contributed by atoms with Crippen LogP contribution in [0.4, 0.5) is 0 Å². The molecule has 0 radical (unpaired) electrons. The summed E-state index contributed by atoms with van der Waals surface area (Å²) in [5, 5.41) is 11.6. The van der Waals surface area contributed by atoms with Crippen LogP contribution in [0.2, 0.25) is 0 Å². The first-order valence-corrected chi connectivity index (χ1v) is 8.33. The molecule has 3 rings (SSSR count). The summed E-state index contributed by atoms with van der Waals surface area (Å²) in [4.78, 5) is 13.4. The summed E-state index contributed by atoms with van der Waals surface area (Å²) in [6.45, 7) is 2.27. The number of rotatable bonds is 6. The van der Waals surface area contributed by atoms with Crippen LogP contribution in [0, 0.1) is 0 Å². The molecule has 2 aromatic carbocycles. The Hall–Kier alpha value is -2.07. The molecule has 122 valence electrons. The number of fused-ring (bicyclic) bond motifs is 1. The Morgan fingerprint density at radius 1 is 1.17 bits per heavy atom. The average molecular weight is 313 g/mol. The maximum Gasteiger partial charge on any atom is 0.320 e. The number of carbonyl (C=O) groups is 1. The van der Waals surface area contributed by atoms with Crippen molar-refractivity contribution in [1.82, 2.24) is 4.90 Å². The molecular weight excluding hydrogens is 290 g/mol. The van der Waals surface area contributed by atoms with Gasteiger partial charge in [0.25, 0.3) is 0 Å². The van der Waals surface area contributed by atoms with E-state index in [2.05, 4.69) is 23.1 Å². The molecule has 1 saturated heterocycles. The minimum absolute atomic E-state index is 0.318. The summed E-state index contributed by atoms with van der Waals surface area (Å²) in [7, 11) is 0. The van der Waals surface area contributed by atoms with Crippen molar-refractivity contribution >= 4 is 16.7 Å². The van der Waals surface area contributed by atoms with Crippen molar-refractivity contribution in [2.75, 3.05) is 19.7 Å². The zero-order chi connectivity index (χ0) is 16.1. The molecule has 1 unspecified atom stereocenters. The lowest BCUT2D eigenvalue weighted by molar-refractivity contribution is -0.144. The molecule has 1 aliphatic rings. The van der Waals surface area contributed by atoms with Crippen molar-refractivity contribution in [1.29, 1.82) is 0 Å². The number of carboxylic acids is 1. The van der Waals surface area contributed by atoms with Gasteiger partial charge in [-0.05, 0) is 37.3 Å². The van der Waals surface area contributed by atoms with Crippen molar-refractivity contribution in [2.45, 2.75) is 31.7 Å². The van der Waals surface area contributed by atoms with Gasteiger partial charge in [0.05, 0.1) is 6.61 Å². The summed E-state index contributed by atoms with van der Waals surface area (Å²) in [5.74, 6) is 0.205. The second-order valence-corrected chi connectivity index (χ2v) is 6.07. The molecular formula is C19H23NO3. The van der Waals surface area contributed by atoms with Crippen LogP contribution >= 0.6 is 0 Å². The number of benzene rings is 2. The van der Waals surface area contributed by atoms with Crippen LogP contribution in [-0.2, 0) is 4.79 Å². The maximum atomic E-state index is 11.3. The van der Waals surface area contributed by atoms with Gasteiger partial charge in [-0.1, -0.05) is 42.8 Å². The van der Waals surface area contributed by atoms with Crippen LogP contribution in [0.5, 0.6) is 5.75 Å². The zero-order valence-corrected chi connectivity index (χ0v) is 13.3. The third kappa shape index (κ3) is 3.82. The van der Waals surface area contributed by atoms with E-state index >= 15 is 0 Å². The lowest BCUT2D eigenvalue weighted by Gasteiger charge is -2.32. The predicted molar refractivity (Wildman–Crippen MR) is 90.9 cm³/mol. The van der Waals surface area contributed by atoms with Crippen LogP contribution in [-0.4, -0.2) is 41.7 Å². The first-order chi connectivity index (χ1) is 11.3. The van der Waals surface area contributed by atoms with Crippen LogP contribution in [0.15, 0.2) is 42.5 Å². The van der Waals surface area contributed by atoms with Gasteiger partial charge in [0, 0.05) is 11.9 Å². The average Bonchev–Trinajstić information content (AvgIpc) is 2.59. The van der Waals surface area contributed by atoms with E-state index in [0.29, 0.717) is 6.61 Å². The Bertz CT molecular complexity index is 665. The van der Waals surface area contributed by atoms with Gasteiger partial charge in [-0.25, -0.2) is 0 Å². The van der Waals surface area contributed by atoms with E-state index in [-0.39, 0.29) is 6.04 Å². The Morgan fingerprint density at radius 3 is 2.87 bits per heavy atom. The van der Waals surface area contributed by atoms with E-state index < -0.39 is 5.97 Å². The van der Waals surface area contributed by atoms with Crippen LogP contribution < -0.4 is 4.74 Å². The number of aliphatic carboxylic acids is 1. The van der Waals surface area contributed by atoms with Crippen LogP contribution in [0.1, 0.15) is 25.7 Å². The molecule has 4 nitrogen and oxygen atoms in total. The van der Waals surface area contributed by atoms with Gasteiger partial charge in [0.2, 0.25) is 0 Å². The van der Waals surface area contributed by atoms with Gasteiger partial charge < -0.3 is 9.84 Å². The minimum atomic E-state index is -0.695. The van der Waals surface area contributed by atoms with E-state index in [9.17, 15) is 9.90 Å². The van der Waals surface area contributed by atoms with Crippen LogP contribution in [0.3, 0.4) is 0 Å². The highest BCUT2D eigenvalue weighted by atomic mass is 16.5. The number of carboxylic acid groups (broad SMARTS) is 1. The summed E-state index contributed by atoms with van der Waals surface area (Å²) >= 11 is 0. The van der Waals surface area contributed by atoms with Gasteiger partial charge in [0.1, 0.15) is 11.8 Å². The van der Waals surface area contributed by atoms with Crippen molar-refractivity contribution in [3.05, 3.63) is 42.5 Å². The van der Waals surface area contributed by atoms with Crippen molar-refractivity contribution < 1.29 is 14.6 Å². The van der Waals surface area contributed by atoms with Gasteiger partial charge >= 0.3 is 5.97 Å². The predicted octanol–water partition coefficient (Wildman–Crippen LogP) is 3.55. The normalized spacial score (nSPS) is 18.9. The first-order valence-electron chi connectivity index (χ1n) is 8.33. The van der Waals surface area contributed by atoms with Crippen LogP contribution in [0.25, 0.3) is 10.8 Å². The summed E-state index contributed by atoms with van der Waals surface area (Å²) in [6.07, 6.45) is 3.71. The number of hydrogen-bond donors (Lipinski definition) is 1. The van der Waals surface area contributed by atoms with Crippen molar-refractivity contribution in [3.8, 4) is 5.75 Å². The molecule has 0 bridgehead atoms. The number of hydrogen-bond acceptors (Lipinski definition) is 3. The van der Waals surface area contributed by atoms with Gasteiger partial charge in [-0.3, -0.25) is 9.69 Å². The van der Waals surface area contributed by atoms with Gasteiger partial charge in [-0.2, -0.15) is 0 Å². The lowest BCUT2D eigenvalue weighted by Crippen LogP contribution is -2.45. The highest BCUT2D eigenvalue weighted by Crippen LogP contribution is 2.25. The highest BCUT2D eigenvalue weighted by molar-refractivity contribution is 5.88. The number of likely N-dealkylation sites (tertiary alicyclic amines) is 1. The fraction of sp³-hybridized carbons (Fsp3) is 0.421. The first kappa shape index (κ1) is 15.8. The topological polar surface area (TPSA) is 49.8 Å². The molecule has 1 fully saturated rings. The molecule has 1 heterocycles. The number of ether oxygens (including phenoxy) is 1. The molecule has 0 amide bonds. The molecule has 0 spiro atoms. The van der Waals surface area contributed by atoms with E-state index in [1.54, 1.807) is 0 Å². The maximum absolute atomic E-state index is 11.3. The SMILES string of the molecule is O=C(O)C1CCCCN1CCCOc1cccc2ccccc12. The Morgan fingerprint density at radius 2 is 2.00 bits per heavy atom. The summed E-state index contributed by atoms with van der Waals surface area (Å²) < 4.78 is 5.93. The third-order valence-corrected chi connectivity index (χ3v) is 4.50. The van der Waals surface area contributed by atoms with Gasteiger partial charge in [-0.15, -0.1) is 0 Å². The summed E-state index contributed by atoms with van der Waals surface area (Å²) in [5.41, 5.74) is 0. The van der Waals surface area contributed by atoms with Gasteiger partial charge in [0.15, 0.2) is 0 Å².